The first kappa shape index (κ1) is 13.4. The molecule has 0 fully saturated rings. The van der Waals surface area contributed by atoms with Gasteiger partial charge in [-0.05, 0) is 47.1 Å². The lowest BCUT2D eigenvalue weighted by Gasteiger charge is -2.11. The van der Waals surface area contributed by atoms with Crippen molar-refractivity contribution in [3.63, 3.8) is 0 Å². The summed E-state index contributed by atoms with van der Waals surface area (Å²) in [4.78, 5) is 0. The maximum absolute atomic E-state index is 9.78. The molecule has 2 rings (SSSR count). The van der Waals surface area contributed by atoms with Crippen LogP contribution in [0.25, 0.3) is 0 Å². The number of phenolic OH excluding ortho intramolecular Hbond substituents is 1. The smallest absolute Gasteiger partial charge is 0.120 e. The van der Waals surface area contributed by atoms with Gasteiger partial charge in [0.2, 0.25) is 0 Å². The summed E-state index contributed by atoms with van der Waals surface area (Å²) in [6.07, 6.45) is 0. The topological polar surface area (TPSA) is 32.3 Å². The predicted octanol–water partition coefficient (Wildman–Crippen LogP) is 4.84. The highest BCUT2D eigenvalue weighted by Crippen LogP contribution is 2.27. The first-order chi connectivity index (χ1) is 8.56. The van der Waals surface area contributed by atoms with Crippen molar-refractivity contribution in [3.8, 4) is 5.75 Å². The van der Waals surface area contributed by atoms with Crippen LogP contribution in [0, 0.1) is 6.92 Å². The van der Waals surface area contributed by atoms with E-state index >= 15 is 0 Å². The fraction of sp³-hybridized carbons (Fsp3) is 0.143. The Morgan fingerprint density at radius 3 is 2.67 bits per heavy atom. The van der Waals surface area contributed by atoms with Crippen LogP contribution in [0.4, 0.5) is 5.69 Å². The Labute approximate surface area is 123 Å². The minimum Gasteiger partial charge on any atom is -0.508 e. The molecule has 0 radical (unpaired) electrons. The summed E-state index contributed by atoms with van der Waals surface area (Å²) in [5, 5.41) is 13.1. The molecule has 0 atom stereocenters. The van der Waals surface area contributed by atoms with E-state index in [0.29, 0.717) is 12.3 Å². The van der Waals surface area contributed by atoms with E-state index in [1.165, 1.54) is 0 Å². The van der Waals surface area contributed by atoms with Crippen molar-refractivity contribution in [3.05, 3.63) is 56.5 Å². The third-order valence-corrected chi connectivity index (χ3v) is 3.82. The zero-order valence-corrected chi connectivity index (χ0v) is 13.0. The van der Waals surface area contributed by atoms with Crippen LogP contribution in [-0.2, 0) is 6.54 Å². The average Bonchev–Trinajstić information content (AvgIpc) is 2.34. The van der Waals surface area contributed by atoms with Crippen LogP contribution in [0.1, 0.15) is 11.1 Å². The molecule has 0 unspecified atom stereocenters. The number of phenols is 1. The highest BCUT2D eigenvalue weighted by molar-refractivity contribution is 9.11. The van der Waals surface area contributed by atoms with Gasteiger partial charge in [-0.15, -0.1) is 0 Å². The molecule has 0 spiro atoms. The molecule has 0 aliphatic heterocycles. The van der Waals surface area contributed by atoms with Gasteiger partial charge in [0.25, 0.3) is 0 Å². The molecule has 2 aromatic carbocycles. The first-order valence-corrected chi connectivity index (χ1v) is 7.12. The predicted molar refractivity (Wildman–Crippen MR) is 82.0 cm³/mol. The molecule has 0 saturated carbocycles. The number of hydrogen-bond acceptors (Lipinski definition) is 2. The maximum Gasteiger partial charge on any atom is 0.120 e. The summed E-state index contributed by atoms with van der Waals surface area (Å²) in [5.41, 5.74) is 3.02. The van der Waals surface area contributed by atoms with Gasteiger partial charge in [-0.3, -0.25) is 0 Å². The normalized spacial score (nSPS) is 10.4. The summed E-state index contributed by atoms with van der Waals surface area (Å²) in [6, 6.07) is 11.5. The van der Waals surface area contributed by atoms with Gasteiger partial charge in [-0.1, -0.05) is 33.6 Å². The van der Waals surface area contributed by atoms with Crippen LogP contribution in [0.3, 0.4) is 0 Å². The summed E-state index contributed by atoms with van der Waals surface area (Å²) < 4.78 is 2.01. The Hall–Kier alpha value is -1.000. The Morgan fingerprint density at radius 1 is 1.11 bits per heavy atom. The Kier molecular flexibility index (Phi) is 4.30. The summed E-state index contributed by atoms with van der Waals surface area (Å²) >= 11 is 6.93. The van der Waals surface area contributed by atoms with Gasteiger partial charge in [0.1, 0.15) is 5.75 Å². The Bertz CT molecular complexity index is 518. The molecule has 0 bridgehead atoms. The van der Waals surface area contributed by atoms with E-state index in [2.05, 4.69) is 37.2 Å². The van der Waals surface area contributed by atoms with Crippen molar-refractivity contribution in [2.24, 2.45) is 0 Å². The molecular weight excluding hydrogens is 358 g/mol. The van der Waals surface area contributed by atoms with E-state index in [0.717, 1.165) is 25.8 Å². The highest BCUT2D eigenvalue weighted by Gasteiger charge is 2.04. The Balaban J connectivity index is 2.16. The fourth-order valence-electron chi connectivity index (χ4n) is 1.68. The van der Waals surface area contributed by atoms with E-state index in [4.69, 9.17) is 0 Å². The number of benzene rings is 2. The SMILES string of the molecule is Cc1ccc(O)c(CNc2cc(Br)ccc2Br)c1. The quantitative estimate of drug-likeness (QED) is 0.810. The van der Waals surface area contributed by atoms with Gasteiger partial charge in [0.05, 0.1) is 0 Å². The minimum absolute atomic E-state index is 0.319. The lowest BCUT2D eigenvalue weighted by Crippen LogP contribution is -2.00. The van der Waals surface area contributed by atoms with E-state index in [1.807, 2.05) is 37.3 Å². The van der Waals surface area contributed by atoms with Crippen molar-refractivity contribution >= 4 is 37.5 Å². The second-order valence-electron chi connectivity index (χ2n) is 4.11. The molecule has 2 N–H and O–H groups in total. The molecule has 0 aromatic heterocycles. The van der Waals surface area contributed by atoms with Gasteiger partial charge in [-0.25, -0.2) is 0 Å². The van der Waals surface area contributed by atoms with Gasteiger partial charge >= 0.3 is 0 Å². The number of hydrogen-bond donors (Lipinski definition) is 2. The third-order valence-electron chi connectivity index (χ3n) is 2.63. The monoisotopic (exact) mass is 369 g/mol. The van der Waals surface area contributed by atoms with Gasteiger partial charge in [0.15, 0.2) is 0 Å². The van der Waals surface area contributed by atoms with Crippen LogP contribution in [0.15, 0.2) is 45.3 Å². The Morgan fingerprint density at radius 2 is 1.89 bits per heavy atom. The highest BCUT2D eigenvalue weighted by atomic mass is 79.9. The summed E-state index contributed by atoms with van der Waals surface area (Å²) in [5.74, 6) is 0.319. The number of aromatic hydroxyl groups is 1. The van der Waals surface area contributed by atoms with E-state index in [-0.39, 0.29) is 0 Å². The molecule has 0 saturated heterocycles. The summed E-state index contributed by atoms with van der Waals surface area (Å²) in [7, 11) is 0. The third kappa shape index (κ3) is 3.27. The second-order valence-corrected chi connectivity index (χ2v) is 5.88. The maximum atomic E-state index is 9.78. The first-order valence-electron chi connectivity index (χ1n) is 5.53. The lowest BCUT2D eigenvalue weighted by molar-refractivity contribution is 0.469. The number of halogens is 2. The van der Waals surface area contributed by atoms with Crippen LogP contribution in [0.5, 0.6) is 5.75 Å². The molecule has 0 aliphatic rings. The van der Waals surface area contributed by atoms with Crippen LogP contribution in [0.2, 0.25) is 0 Å². The average molecular weight is 371 g/mol. The number of anilines is 1. The van der Waals surface area contributed by atoms with Crippen molar-refractivity contribution in [2.45, 2.75) is 13.5 Å². The largest absolute Gasteiger partial charge is 0.508 e. The van der Waals surface area contributed by atoms with Crippen LogP contribution >= 0.6 is 31.9 Å². The molecule has 0 amide bonds. The van der Waals surface area contributed by atoms with Gasteiger partial charge in [-0.2, -0.15) is 0 Å². The van der Waals surface area contributed by atoms with E-state index in [9.17, 15) is 5.11 Å². The molecule has 18 heavy (non-hydrogen) atoms. The fourth-order valence-corrected chi connectivity index (χ4v) is 2.43. The number of aryl methyl sites for hydroxylation is 1. The second kappa shape index (κ2) is 5.76. The van der Waals surface area contributed by atoms with Crippen molar-refractivity contribution < 1.29 is 5.11 Å². The van der Waals surface area contributed by atoms with E-state index < -0.39 is 0 Å². The van der Waals surface area contributed by atoms with E-state index in [1.54, 1.807) is 6.07 Å². The lowest BCUT2D eigenvalue weighted by atomic mass is 10.1. The zero-order chi connectivity index (χ0) is 13.1. The van der Waals surface area contributed by atoms with Crippen molar-refractivity contribution in [2.75, 3.05) is 5.32 Å². The standard InChI is InChI=1S/C14H13Br2NO/c1-9-2-5-14(18)10(6-9)8-17-13-7-11(15)3-4-12(13)16/h2-7,17-18H,8H2,1H3. The molecule has 4 heteroatoms. The van der Waals surface area contributed by atoms with Crippen molar-refractivity contribution in [1.82, 2.24) is 0 Å². The zero-order valence-electron chi connectivity index (χ0n) is 9.87. The molecule has 2 aromatic rings. The molecule has 0 heterocycles. The van der Waals surface area contributed by atoms with Gasteiger partial charge < -0.3 is 10.4 Å². The van der Waals surface area contributed by atoms with Crippen LogP contribution in [-0.4, -0.2) is 5.11 Å². The number of rotatable bonds is 3. The molecule has 94 valence electrons. The van der Waals surface area contributed by atoms with Crippen LogP contribution < -0.4 is 5.32 Å². The number of nitrogens with one attached hydrogen (secondary N) is 1. The molecule has 2 nitrogen and oxygen atoms in total. The van der Waals surface area contributed by atoms with Crippen molar-refractivity contribution in [1.29, 1.82) is 0 Å². The summed E-state index contributed by atoms with van der Waals surface area (Å²) in [6.45, 7) is 2.60. The van der Waals surface area contributed by atoms with Gasteiger partial charge in [0, 0.05) is 26.7 Å². The molecule has 0 aliphatic carbocycles. The molecular formula is C14H13Br2NO. The minimum atomic E-state index is 0.319.